The van der Waals surface area contributed by atoms with E-state index >= 15 is 0 Å². The molecule has 0 aromatic heterocycles. The van der Waals surface area contributed by atoms with Gasteiger partial charge in [0.25, 0.3) is 5.91 Å². The van der Waals surface area contributed by atoms with Crippen LogP contribution in [0.15, 0.2) is 42.5 Å². The van der Waals surface area contributed by atoms with E-state index in [1.54, 1.807) is 18.2 Å². The van der Waals surface area contributed by atoms with Crippen molar-refractivity contribution in [2.24, 2.45) is 0 Å². The number of nitrogen functional groups attached to an aromatic ring is 1. The number of anilines is 1. The van der Waals surface area contributed by atoms with Crippen LogP contribution in [0.5, 0.6) is 5.75 Å². The molecule has 1 aliphatic rings. The fraction of sp³-hybridized carbons (Fsp3) is 0.188. The number of benzene rings is 2. The second-order valence-electron chi connectivity index (χ2n) is 5.07. The summed E-state index contributed by atoms with van der Waals surface area (Å²) in [6.45, 7) is 0. The van der Waals surface area contributed by atoms with Crippen LogP contribution < -0.4 is 11.1 Å². The molecule has 0 radical (unpaired) electrons. The Kier molecular flexibility index (Phi) is 3.06. The summed E-state index contributed by atoms with van der Waals surface area (Å²) in [7, 11) is 0. The van der Waals surface area contributed by atoms with Gasteiger partial charge >= 0.3 is 0 Å². The third-order valence-corrected chi connectivity index (χ3v) is 3.66. The molecular formula is C16H16N2O2. The molecule has 4 nitrogen and oxygen atoms in total. The Balaban J connectivity index is 1.79. The van der Waals surface area contributed by atoms with Crippen molar-refractivity contribution in [3.8, 4) is 5.75 Å². The average molecular weight is 268 g/mol. The van der Waals surface area contributed by atoms with Crippen LogP contribution in [0.1, 0.15) is 33.9 Å². The maximum atomic E-state index is 12.2. The molecule has 1 atom stereocenters. The molecule has 0 heterocycles. The molecular weight excluding hydrogens is 252 g/mol. The second kappa shape index (κ2) is 4.89. The van der Waals surface area contributed by atoms with Crippen molar-refractivity contribution in [1.29, 1.82) is 0 Å². The number of hydrogen-bond acceptors (Lipinski definition) is 3. The molecule has 1 aliphatic carbocycles. The molecule has 3 rings (SSSR count). The van der Waals surface area contributed by atoms with Crippen LogP contribution in [-0.4, -0.2) is 11.0 Å². The van der Waals surface area contributed by atoms with E-state index in [0.29, 0.717) is 5.56 Å². The second-order valence-corrected chi connectivity index (χ2v) is 5.07. The van der Waals surface area contributed by atoms with Gasteiger partial charge in [-0.2, -0.15) is 0 Å². The maximum absolute atomic E-state index is 12.2. The lowest BCUT2D eigenvalue weighted by Crippen LogP contribution is -2.27. The minimum Gasteiger partial charge on any atom is -0.508 e. The monoisotopic (exact) mass is 268 g/mol. The molecule has 1 amide bonds. The van der Waals surface area contributed by atoms with E-state index in [1.165, 1.54) is 11.6 Å². The summed E-state index contributed by atoms with van der Waals surface area (Å²) < 4.78 is 0. The van der Waals surface area contributed by atoms with Gasteiger partial charge in [-0.3, -0.25) is 4.79 Å². The fourth-order valence-electron chi connectivity index (χ4n) is 2.68. The van der Waals surface area contributed by atoms with Crippen LogP contribution in [0.4, 0.5) is 5.69 Å². The highest BCUT2D eigenvalue weighted by molar-refractivity contribution is 5.94. The average Bonchev–Trinajstić information content (AvgIpc) is 2.81. The van der Waals surface area contributed by atoms with E-state index in [4.69, 9.17) is 5.73 Å². The highest BCUT2D eigenvalue weighted by Gasteiger charge is 2.24. The van der Waals surface area contributed by atoms with Gasteiger partial charge in [0.05, 0.1) is 6.04 Å². The number of carbonyl (C=O) groups excluding carboxylic acids is 1. The Morgan fingerprint density at radius 1 is 1.25 bits per heavy atom. The topological polar surface area (TPSA) is 75.3 Å². The summed E-state index contributed by atoms with van der Waals surface area (Å²) in [5, 5.41) is 12.4. The van der Waals surface area contributed by atoms with Crippen molar-refractivity contribution in [3.63, 3.8) is 0 Å². The van der Waals surface area contributed by atoms with Crippen molar-refractivity contribution < 1.29 is 9.90 Å². The SMILES string of the molecule is Nc1ccc2c(c1)CCC2NC(=O)c1cccc(O)c1. The predicted molar refractivity (Wildman–Crippen MR) is 77.5 cm³/mol. The first-order valence-corrected chi connectivity index (χ1v) is 6.61. The summed E-state index contributed by atoms with van der Waals surface area (Å²) >= 11 is 0. The summed E-state index contributed by atoms with van der Waals surface area (Å²) in [6, 6.07) is 12.2. The number of phenolic OH excluding ortho intramolecular Hbond substituents is 1. The molecule has 4 heteroatoms. The van der Waals surface area contributed by atoms with Gasteiger partial charge in [-0.1, -0.05) is 12.1 Å². The molecule has 4 N–H and O–H groups in total. The Labute approximate surface area is 117 Å². The molecule has 0 saturated carbocycles. The zero-order valence-electron chi connectivity index (χ0n) is 11.0. The number of fused-ring (bicyclic) bond motifs is 1. The van der Waals surface area contributed by atoms with Crippen molar-refractivity contribution in [2.75, 3.05) is 5.73 Å². The van der Waals surface area contributed by atoms with Crippen LogP contribution in [0, 0.1) is 0 Å². The van der Waals surface area contributed by atoms with Gasteiger partial charge in [0.1, 0.15) is 5.75 Å². The summed E-state index contributed by atoms with van der Waals surface area (Å²) in [5.41, 5.74) is 9.32. The van der Waals surface area contributed by atoms with Crippen LogP contribution in [0.2, 0.25) is 0 Å². The highest BCUT2D eigenvalue weighted by Crippen LogP contribution is 2.32. The Morgan fingerprint density at radius 2 is 2.10 bits per heavy atom. The molecule has 102 valence electrons. The molecule has 0 aliphatic heterocycles. The van der Waals surface area contributed by atoms with Crippen molar-refractivity contribution in [3.05, 3.63) is 59.2 Å². The summed E-state index contributed by atoms with van der Waals surface area (Å²) in [4.78, 5) is 12.2. The molecule has 0 bridgehead atoms. The maximum Gasteiger partial charge on any atom is 0.251 e. The molecule has 2 aromatic rings. The predicted octanol–water partition coefficient (Wildman–Crippen LogP) is 2.39. The number of amides is 1. The quantitative estimate of drug-likeness (QED) is 0.732. The van der Waals surface area contributed by atoms with Crippen LogP contribution >= 0.6 is 0 Å². The van der Waals surface area contributed by atoms with E-state index in [2.05, 4.69) is 5.32 Å². The van der Waals surface area contributed by atoms with Crippen LogP contribution in [-0.2, 0) is 6.42 Å². The van der Waals surface area contributed by atoms with Crippen molar-refractivity contribution >= 4 is 11.6 Å². The third-order valence-electron chi connectivity index (χ3n) is 3.66. The Morgan fingerprint density at radius 3 is 2.90 bits per heavy atom. The molecule has 0 fully saturated rings. The molecule has 2 aromatic carbocycles. The van der Waals surface area contributed by atoms with Gasteiger partial charge in [-0.05, 0) is 54.3 Å². The largest absolute Gasteiger partial charge is 0.508 e. The molecule has 1 unspecified atom stereocenters. The number of nitrogens with two attached hydrogens (primary N) is 1. The fourth-order valence-corrected chi connectivity index (χ4v) is 2.68. The molecule has 0 saturated heterocycles. The zero-order valence-corrected chi connectivity index (χ0v) is 11.0. The lowest BCUT2D eigenvalue weighted by molar-refractivity contribution is 0.0936. The van der Waals surface area contributed by atoms with E-state index < -0.39 is 0 Å². The number of aromatic hydroxyl groups is 1. The van der Waals surface area contributed by atoms with Crippen molar-refractivity contribution in [2.45, 2.75) is 18.9 Å². The zero-order chi connectivity index (χ0) is 14.1. The number of phenols is 1. The van der Waals surface area contributed by atoms with Gasteiger partial charge in [-0.25, -0.2) is 0 Å². The molecule has 0 spiro atoms. The summed E-state index contributed by atoms with van der Waals surface area (Å²) in [5.74, 6) is -0.0761. The Bertz CT molecular complexity index is 667. The first-order valence-electron chi connectivity index (χ1n) is 6.61. The van der Waals surface area contributed by atoms with Gasteiger partial charge in [0, 0.05) is 11.3 Å². The third kappa shape index (κ3) is 2.32. The van der Waals surface area contributed by atoms with Gasteiger partial charge < -0.3 is 16.2 Å². The normalized spacial score (nSPS) is 16.7. The number of carbonyl (C=O) groups is 1. The minimum absolute atomic E-state index is 0.0143. The minimum atomic E-state index is -0.171. The van der Waals surface area contributed by atoms with E-state index in [9.17, 15) is 9.90 Å². The van der Waals surface area contributed by atoms with Gasteiger partial charge in [-0.15, -0.1) is 0 Å². The van der Waals surface area contributed by atoms with E-state index in [0.717, 1.165) is 24.1 Å². The number of rotatable bonds is 2. The first kappa shape index (κ1) is 12.5. The standard InChI is InChI=1S/C16H16N2O2/c17-12-5-6-14-10(8-12)4-7-15(14)18-16(20)11-2-1-3-13(19)9-11/h1-3,5-6,8-9,15,19H,4,7,17H2,(H,18,20). The smallest absolute Gasteiger partial charge is 0.251 e. The van der Waals surface area contributed by atoms with Gasteiger partial charge in [0.15, 0.2) is 0 Å². The van der Waals surface area contributed by atoms with E-state index in [-0.39, 0.29) is 17.7 Å². The summed E-state index contributed by atoms with van der Waals surface area (Å²) in [6.07, 6.45) is 1.80. The number of nitrogens with one attached hydrogen (secondary N) is 1. The number of aryl methyl sites for hydroxylation is 1. The lowest BCUT2D eigenvalue weighted by atomic mass is 10.1. The molecule has 20 heavy (non-hydrogen) atoms. The lowest BCUT2D eigenvalue weighted by Gasteiger charge is -2.14. The van der Waals surface area contributed by atoms with Crippen LogP contribution in [0.25, 0.3) is 0 Å². The Hall–Kier alpha value is -2.49. The van der Waals surface area contributed by atoms with Crippen molar-refractivity contribution in [1.82, 2.24) is 5.32 Å². The highest BCUT2D eigenvalue weighted by atomic mass is 16.3. The number of hydrogen-bond donors (Lipinski definition) is 3. The van der Waals surface area contributed by atoms with Gasteiger partial charge in [0.2, 0.25) is 0 Å². The first-order chi connectivity index (χ1) is 9.63. The van der Waals surface area contributed by atoms with E-state index in [1.807, 2.05) is 18.2 Å². The van der Waals surface area contributed by atoms with Crippen LogP contribution in [0.3, 0.4) is 0 Å².